The number of benzene rings is 2. The minimum Gasteiger partial charge on any atom is -0.493 e. The number of aliphatic hydroxyl groups excluding tert-OH is 1. The zero-order chi connectivity index (χ0) is 21.1. The number of rotatable bonds is 7. The van der Waals surface area contributed by atoms with Crippen LogP contribution in [0, 0.1) is 0 Å². The third kappa shape index (κ3) is 3.64. The molecule has 2 N–H and O–H groups in total. The maximum Gasteiger partial charge on any atom is 0.161 e. The smallest absolute Gasteiger partial charge is 0.161 e. The summed E-state index contributed by atoms with van der Waals surface area (Å²) in [6.07, 6.45) is 4.04. The van der Waals surface area contributed by atoms with Crippen molar-refractivity contribution < 1.29 is 19.3 Å². The molecule has 2 unspecified atom stereocenters. The van der Waals surface area contributed by atoms with Gasteiger partial charge in [-0.2, -0.15) is 0 Å². The van der Waals surface area contributed by atoms with E-state index in [4.69, 9.17) is 14.2 Å². The molecule has 6 heteroatoms. The SMILES string of the molecule is CCOc1ccccc1C(O)N1CCC2=C(c3ccc(OC)c(OC)c3)C=CNC21. The van der Waals surface area contributed by atoms with Crippen LogP contribution < -0.4 is 19.5 Å². The van der Waals surface area contributed by atoms with E-state index in [-0.39, 0.29) is 6.17 Å². The average Bonchev–Trinajstić information content (AvgIpc) is 3.23. The van der Waals surface area contributed by atoms with Gasteiger partial charge in [0.05, 0.1) is 20.8 Å². The largest absolute Gasteiger partial charge is 0.493 e. The molecule has 2 heterocycles. The van der Waals surface area contributed by atoms with Gasteiger partial charge < -0.3 is 24.6 Å². The van der Waals surface area contributed by atoms with E-state index in [0.29, 0.717) is 18.1 Å². The Labute approximate surface area is 177 Å². The van der Waals surface area contributed by atoms with Gasteiger partial charge in [0, 0.05) is 12.1 Å². The summed E-state index contributed by atoms with van der Waals surface area (Å²) < 4.78 is 16.6. The number of nitrogens with one attached hydrogen (secondary N) is 1. The fourth-order valence-electron chi connectivity index (χ4n) is 4.23. The lowest BCUT2D eigenvalue weighted by molar-refractivity contribution is -0.00927. The van der Waals surface area contributed by atoms with Crippen LogP contribution in [0.2, 0.25) is 0 Å². The molecule has 30 heavy (non-hydrogen) atoms. The first-order chi connectivity index (χ1) is 14.7. The first kappa shape index (κ1) is 20.3. The van der Waals surface area contributed by atoms with Gasteiger partial charge in [-0.05, 0) is 60.5 Å². The molecule has 0 bridgehead atoms. The van der Waals surface area contributed by atoms with Gasteiger partial charge in [-0.3, -0.25) is 4.90 Å². The van der Waals surface area contributed by atoms with Crippen LogP contribution in [-0.4, -0.2) is 43.5 Å². The Morgan fingerprint density at radius 3 is 2.67 bits per heavy atom. The minimum atomic E-state index is -0.763. The summed E-state index contributed by atoms with van der Waals surface area (Å²) in [4.78, 5) is 2.07. The zero-order valence-corrected chi connectivity index (χ0v) is 17.6. The molecule has 0 amide bonds. The number of para-hydroxylation sites is 1. The highest BCUT2D eigenvalue weighted by Crippen LogP contribution is 2.40. The molecule has 0 saturated carbocycles. The maximum absolute atomic E-state index is 11.2. The van der Waals surface area contributed by atoms with E-state index in [1.165, 1.54) is 5.57 Å². The highest BCUT2D eigenvalue weighted by molar-refractivity contribution is 5.80. The number of hydrogen-bond acceptors (Lipinski definition) is 6. The van der Waals surface area contributed by atoms with Crippen LogP contribution in [-0.2, 0) is 0 Å². The number of allylic oxidation sites excluding steroid dienone is 2. The summed E-state index contributed by atoms with van der Waals surface area (Å²) >= 11 is 0. The molecule has 2 atom stereocenters. The van der Waals surface area contributed by atoms with Crippen molar-refractivity contribution in [3.05, 3.63) is 71.4 Å². The summed E-state index contributed by atoms with van der Waals surface area (Å²) in [5.74, 6) is 2.13. The number of nitrogens with zero attached hydrogens (tertiary/aromatic N) is 1. The maximum atomic E-state index is 11.2. The fraction of sp³-hybridized carbons (Fsp3) is 0.333. The first-order valence-corrected chi connectivity index (χ1v) is 10.2. The molecule has 0 aromatic heterocycles. The zero-order valence-electron chi connectivity index (χ0n) is 17.6. The van der Waals surface area contributed by atoms with Crippen molar-refractivity contribution in [1.29, 1.82) is 0 Å². The third-order valence-electron chi connectivity index (χ3n) is 5.66. The Balaban J connectivity index is 1.66. The van der Waals surface area contributed by atoms with Crippen molar-refractivity contribution in [2.24, 2.45) is 0 Å². The van der Waals surface area contributed by atoms with Gasteiger partial charge >= 0.3 is 0 Å². The number of likely N-dealkylation sites (tertiary alicyclic amines) is 1. The molecule has 0 aliphatic carbocycles. The number of hydrogen-bond donors (Lipinski definition) is 2. The predicted molar refractivity (Wildman–Crippen MR) is 116 cm³/mol. The molecule has 2 aromatic carbocycles. The van der Waals surface area contributed by atoms with E-state index in [1.54, 1.807) is 14.2 Å². The van der Waals surface area contributed by atoms with Gasteiger partial charge in [0.25, 0.3) is 0 Å². The second kappa shape index (κ2) is 8.81. The minimum absolute atomic E-state index is 0.0808. The summed E-state index contributed by atoms with van der Waals surface area (Å²) in [5, 5.41) is 14.6. The Bertz CT molecular complexity index is 969. The van der Waals surface area contributed by atoms with Gasteiger partial charge in [-0.1, -0.05) is 24.3 Å². The van der Waals surface area contributed by atoms with Crippen LogP contribution in [0.5, 0.6) is 17.2 Å². The van der Waals surface area contributed by atoms with Crippen LogP contribution in [0.1, 0.15) is 30.7 Å². The third-order valence-corrected chi connectivity index (χ3v) is 5.66. The standard InChI is InChI=1S/C24H28N2O4/c1-4-30-20-8-6-5-7-19(20)24(27)26-14-12-18-17(11-13-25-23(18)26)16-9-10-21(28-2)22(15-16)29-3/h5-11,13,15,23-25,27H,4,12,14H2,1-3H3. The van der Waals surface area contributed by atoms with E-state index in [0.717, 1.165) is 35.4 Å². The molecule has 4 rings (SSSR count). The molecule has 2 aromatic rings. The molecule has 158 valence electrons. The molecule has 0 spiro atoms. The van der Waals surface area contributed by atoms with E-state index >= 15 is 0 Å². The van der Waals surface area contributed by atoms with Crippen LogP contribution >= 0.6 is 0 Å². The summed E-state index contributed by atoms with van der Waals surface area (Å²) in [7, 11) is 3.28. The van der Waals surface area contributed by atoms with Crippen molar-refractivity contribution in [2.75, 3.05) is 27.4 Å². The van der Waals surface area contributed by atoms with Gasteiger partial charge in [-0.25, -0.2) is 0 Å². The van der Waals surface area contributed by atoms with E-state index in [2.05, 4.69) is 16.3 Å². The van der Waals surface area contributed by atoms with Gasteiger partial charge in [0.2, 0.25) is 0 Å². The highest BCUT2D eigenvalue weighted by Gasteiger charge is 2.37. The Hall–Kier alpha value is -2.96. The normalized spacial score (nSPS) is 19.3. The van der Waals surface area contributed by atoms with Crippen molar-refractivity contribution in [3.63, 3.8) is 0 Å². The van der Waals surface area contributed by atoms with Crippen molar-refractivity contribution >= 4 is 5.57 Å². The molecule has 0 radical (unpaired) electrons. The molecular formula is C24H28N2O4. The van der Waals surface area contributed by atoms with Crippen LogP contribution in [0.4, 0.5) is 0 Å². The lowest BCUT2D eigenvalue weighted by Gasteiger charge is -2.33. The Kier molecular flexibility index (Phi) is 5.97. The van der Waals surface area contributed by atoms with Crippen molar-refractivity contribution in [3.8, 4) is 17.2 Å². The molecule has 1 fully saturated rings. The Morgan fingerprint density at radius 2 is 1.90 bits per heavy atom. The molecule has 1 saturated heterocycles. The number of ether oxygens (including phenoxy) is 3. The lowest BCUT2D eigenvalue weighted by Crippen LogP contribution is -2.43. The number of fused-ring (bicyclic) bond motifs is 1. The van der Waals surface area contributed by atoms with Gasteiger partial charge in [0.15, 0.2) is 11.5 Å². The Morgan fingerprint density at radius 1 is 1.10 bits per heavy atom. The second-order valence-corrected chi connectivity index (χ2v) is 7.24. The van der Waals surface area contributed by atoms with E-state index < -0.39 is 6.23 Å². The summed E-state index contributed by atoms with van der Waals surface area (Å²) in [5.41, 5.74) is 4.24. The van der Waals surface area contributed by atoms with Crippen LogP contribution in [0.15, 0.2) is 60.3 Å². The second-order valence-electron chi connectivity index (χ2n) is 7.24. The average molecular weight is 408 g/mol. The summed E-state index contributed by atoms with van der Waals surface area (Å²) in [6, 6.07) is 13.6. The van der Waals surface area contributed by atoms with Crippen LogP contribution in [0.3, 0.4) is 0 Å². The van der Waals surface area contributed by atoms with Gasteiger partial charge in [-0.15, -0.1) is 0 Å². The van der Waals surface area contributed by atoms with Crippen LogP contribution in [0.25, 0.3) is 5.57 Å². The van der Waals surface area contributed by atoms with E-state index in [1.807, 2.05) is 55.6 Å². The number of methoxy groups -OCH3 is 2. The molecule has 2 aliphatic heterocycles. The quantitative estimate of drug-likeness (QED) is 0.729. The fourth-order valence-corrected chi connectivity index (χ4v) is 4.23. The van der Waals surface area contributed by atoms with E-state index in [9.17, 15) is 5.11 Å². The first-order valence-electron chi connectivity index (χ1n) is 10.2. The summed E-state index contributed by atoms with van der Waals surface area (Å²) in [6.45, 7) is 3.25. The molecule has 6 nitrogen and oxygen atoms in total. The number of dihydropyridines is 1. The molecular weight excluding hydrogens is 380 g/mol. The highest BCUT2D eigenvalue weighted by atomic mass is 16.5. The van der Waals surface area contributed by atoms with Crippen molar-refractivity contribution in [2.45, 2.75) is 25.7 Å². The lowest BCUT2D eigenvalue weighted by atomic mass is 9.95. The topological polar surface area (TPSA) is 63.2 Å². The van der Waals surface area contributed by atoms with Gasteiger partial charge in [0.1, 0.15) is 18.1 Å². The molecule has 2 aliphatic rings. The number of aliphatic hydroxyl groups is 1. The predicted octanol–water partition coefficient (Wildman–Crippen LogP) is 3.70. The van der Waals surface area contributed by atoms with Crippen molar-refractivity contribution in [1.82, 2.24) is 10.2 Å². The monoisotopic (exact) mass is 408 g/mol.